The number of rotatable bonds is 0. The fourth-order valence-corrected chi connectivity index (χ4v) is 4.12. The summed E-state index contributed by atoms with van der Waals surface area (Å²) in [6.07, 6.45) is 7.88. The summed E-state index contributed by atoms with van der Waals surface area (Å²) in [5.74, 6) is 1.05. The second-order valence-electron chi connectivity index (χ2n) is 7.10. The minimum atomic E-state index is -0.576. The van der Waals surface area contributed by atoms with Gasteiger partial charge in [-0.05, 0) is 54.6 Å². The molecule has 0 saturated heterocycles. The third-order valence-corrected chi connectivity index (χ3v) is 4.82. The molecular formula is C15H22O2. The zero-order valence-corrected chi connectivity index (χ0v) is 11.0. The highest BCUT2D eigenvalue weighted by Crippen LogP contribution is 2.52. The SMILES string of the molecule is CC1(C)C[C@H]2Cc3cocc3C[C@](C)(O)[C@H]2C1. The Morgan fingerprint density at radius 1 is 1.18 bits per heavy atom. The lowest BCUT2D eigenvalue weighted by molar-refractivity contribution is -0.0157. The largest absolute Gasteiger partial charge is 0.472 e. The molecule has 2 nitrogen and oxygen atoms in total. The molecule has 1 aromatic heterocycles. The van der Waals surface area contributed by atoms with Crippen LogP contribution in [-0.4, -0.2) is 10.7 Å². The topological polar surface area (TPSA) is 33.4 Å². The van der Waals surface area contributed by atoms with Crippen LogP contribution in [0, 0.1) is 17.3 Å². The van der Waals surface area contributed by atoms with Gasteiger partial charge in [0.2, 0.25) is 0 Å². The van der Waals surface area contributed by atoms with E-state index < -0.39 is 5.60 Å². The van der Waals surface area contributed by atoms with Crippen LogP contribution < -0.4 is 0 Å². The van der Waals surface area contributed by atoms with E-state index in [2.05, 4.69) is 13.8 Å². The molecule has 3 rings (SSSR count). The van der Waals surface area contributed by atoms with Gasteiger partial charge in [0.05, 0.1) is 18.1 Å². The van der Waals surface area contributed by atoms with E-state index in [4.69, 9.17) is 4.42 Å². The molecule has 2 aliphatic rings. The zero-order valence-electron chi connectivity index (χ0n) is 11.0. The molecule has 1 fully saturated rings. The predicted molar refractivity (Wildman–Crippen MR) is 66.7 cm³/mol. The van der Waals surface area contributed by atoms with Crippen molar-refractivity contribution < 1.29 is 9.52 Å². The molecule has 0 spiro atoms. The Labute approximate surface area is 103 Å². The third-order valence-electron chi connectivity index (χ3n) is 4.82. The van der Waals surface area contributed by atoms with Gasteiger partial charge in [0.1, 0.15) is 0 Å². The van der Waals surface area contributed by atoms with Crippen molar-refractivity contribution in [2.75, 3.05) is 0 Å². The van der Waals surface area contributed by atoms with Crippen LogP contribution in [0.2, 0.25) is 0 Å². The molecule has 0 radical (unpaired) electrons. The molecule has 1 N–H and O–H groups in total. The van der Waals surface area contributed by atoms with Crippen LogP contribution in [0.4, 0.5) is 0 Å². The van der Waals surface area contributed by atoms with Crippen molar-refractivity contribution in [2.45, 2.75) is 52.1 Å². The van der Waals surface area contributed by atoms with E-state index in [1.807, 2.05) is 19.5 Å². The first kappa shape index (κ1) is 11.3. The number of furan rings is 1. The van der Waals surface area contributed by atoms with Crippen LogP contribution >= 0.6 is 0 Å². The summed E-state index contributed by atoms with van der Waals surface area (Å²) in [6, 6.07) is 0. The van der Waals surface area contributed by atoms with Crippen LogP contribution in [-0.2, 0) is 12.8 Å². The van der Waals surface area contributed by atoms with E-state index in [9.17, 15) is 5.11 Å². The summed E-state index contributed by atoms with van der Waals surface area (Å²) >= 11 is 0. The Bertz CT molecular complexity index is 428. The predicted octanol–water partition coefficient (Wildman–Crippen LogP) is 3.18. The quantitative estimate of drug-likeness (QED) is 0.748. The maximum absolute atomic E-state index is 10.8. The minimum absolute atomic E-state index is 0.376. The van der Waals surface area contributed by atoms with Gasteiger partial charge in [-0.2, -0.15) is 0 Å². The van der Waals surface area contributed by atoms with E-state index in [1.165, 1.54) is 17.5 Å². The van der Waals surface area contributed by atoms with Crippen molar-refractivity contribution in [3.05, 3.63) is 23.7 Å². The maximum atomic E-state index is 10.8. The Balaban J connectivity index is 1.99. The molecule has 1 heterocycles. The molecule has 17 heavy (non-hydrogen) atoms. The fraction of sp³-hybridized carbons (Fsp3) is 0.733. The molecule has 3 atom stereocenters. The van der Waals surface area contributed by atoms with E-state index in [1.54, 1.807) is 0 Å². The maximum Gasteiger partial charge on any atom is 0.0938 e. The molecule has 2 heteroatoms. The molecule has 0 bridgehead atoms. The Hall–Kier alpha value is -0.760. The number of fused-ring (bicyclic) bond motifs is 2. The highest BCUT2D eigenvalue weighted by molar-refractivity contribution is 5.27. The van der Waals surface area contributed by atoms with Crippen molar-refractivity contribution in [2.24, 2.45) is 17.3 Å². The Morgan fingerprint density at radius 2 is 1.88 bits per heavy atom. The standard InChI is InChI=1S/C15H22O2/c1-14(2)5-10-4-11-8-17-9-12(11)6-15(3,16)13(10)7-14/h8-10,13,16H,4-7H2,1-3H3/t10-,13+,15+/m1/s1. The monoisotopic (exact) mass is 234 g/mol. The van der Waals surface area contributed by atoms with Crippen molar-refractivity contribution in [1.82, 2.24) is 0 Å². The lowest BCUT2D eigenvalue weighted by atomic mass is 9.79. The van der Waals surface area contributed by atoms with Gasteiger partial charge in [-0.1, -0.05) is 13.8 Å². The van der Waals surface area contributed by atoms with E-state index in [0.29, 0.717) is 17.3 Å². The highest BCUT2D eigenvalue weighted by atomic mass is 16.3. The van der Waals surface area contributed by atoms with Crippen LogP contribution in [0.15, 0.2) is 16.9 Å². The van der Waals surface area contributed by atoms with E-state index >= 15 is 0 Å². The normalized spacial score (nSPS) is 39.5. The lowest BCUT2D eigenvalue weighted by Crippen LogP contribution is -2.38. The van der Waals surface area contributed by atoms with Gasteiger partial charge >= 0.3 is 0 Å². The van der Waals surface area contributed by atoms with Gasteiger partial charge in [0, 0.05) is 6.42 Å². The van der Waals surface area contributed by atoms with Crippen molar-refractivity contribution in [3.63, 3.8) is 0 Å². The Morgan fingerprint density at radius 3 is 2.65 bits per heavy atom. The smallest absolute Gasteiger partial charge is 0.0938 e. The molecule has 0 amide bonds. The Kier molecular flexibility index (Phi) is 2.25. The molecule has 2 aliphatic carbocycles. The fourth-order valence-electron chi connectivity index (χ4n) is 4.12. The van der Waals surface area contributed by atoms with Gasteiger partial charge in [-0.3, -0.25) is 0 Å². The molecule has 0 unspecified atom stereocenters. The van der Waals surface area contributed by atoms with Gasteiger partial charge in [0.15, 0.2) is 0 Å². The molecule has 0 aromatic carbocycles. The van der Waals surface area contributed by atoms with Gasteiger partial charge in [0.25, 0.3) is 0 Å². The summed E-state index contributed by atoms with van der Waals surface area (Å²) < 4.78 is 5.31. The summed E-state index contributed by atoms with van der Waals surface area (Å²) in [5, 5.41) is 10.8. The first-order chi connectivity index (χ1) is 7.87. The number of aliphatic hydroxyl groups is 1. The molecule has 0 aliphatic heterocycles. The van der Waals surface area contributed by atoms with Crippen molar-refractivity contribution >= 4 is 0 Å². The van der Waals surface area contributed by atoms with Crippen LogP contribution in [0.25, 0.3) is 0 Å². The number of hydrogen-bond donors (Lipinski definition) is 1. The zero-order chi connectivity index (χ0) is 12.3. The van der Waals surface area contributed by atoms with Gasteiger partial charge < -0.3 is 9.52 Å². The minimum Gasteiger partial charge on any atom is -0.472 e. The second kappa shape index (κ2) is 3.38. The first-order valence-corrected chi connectivity index (χ1v) is 6.64. The molecule has 1 saturated carbocycles. The van der Waals surface area contributed by atoms with Crippen molar-refractivity contribution in [1.29, 1.82) is 0 Å². The van der Waals surface area contributed by atoms with Gasteiger partial charge in [-0.15, -0.1) is 0 Å². The summed E-state index contributed by atoms with van der Waals surface area (Å²) in [5.41, 5.74) is 2.33. The third kappa shape index (κ3) is 1.83. The number of hydrogen-bond acceptors (Lipinski definition) is 2. The van der Waals surface area contributed by atoms with Crippen LogP contribution in [0.5, 0.6) is 0 Å². The van der Waals surface area contributed by atoms with Gasteiger partial charge in [-0.25, -0.2) is 0 Å². The summed E-state index contributed by atoms with van der Waals surface area (Å²) in [4.78, 5) is 0. The van der Waals surface area contributed by atoms with Crippen LogP contribution in [0.3, 0.4) is 0 Å². The first-order valence-electron chi connectivity index (χ1n) is 6.64. The van der Waals surface area contributed by atoms with E-state index in [0.717, 1.165) is 19.3 Å². The van der Waals surface area contributed by atoms with Crippen molar-refractivity contribution in [3.8, 4) is 0 Å². The average molecular weight is 234 g/mol. The molecule has 94 valence electrons. The summed E-state index contributed by atoms with van der Waals surface area (Å²) in [7, 11) is 0. The summed E-state index contributed by atoms with van der Waals surface area (Å²) in [6.45, 7) is 6.66. The molecule has 1 aromatic rings. The lowest BCUT2D eigenvalue weighted by Gasteiger charge is -2.32. The van der Waals surface area contributed by atoms with E-state index in [-0.39, 0.29) is 0 Å². The highest BCUT2D eigenvalue weighted by Gasteiger charge is 2.49. The molecular weight excluding hydrogens is 212 g/mol. The van der Waals surface area contributed by atoms with Crippen LogP contribution in [0.1, 0.15) is 44.7 Å². The second-order valence-corrected chi connectivity index (χ2v) is 7.10. The average Bonchev–Trinajstić information content (AvgIpc) is 2.69.